The molecule has 0 spiro atoms. The van der Waals surface area contributed by atoms with Crippen LogP contribution in [0.1, 0.15) is 12.0 Å². The van der Waals surface area contributed by atoms with Gasteiger partial charge in [-0.25, -0.2) is 0 Å². The number of benzene rings is 1. The van der Waals surface area contributed by atoms with Crippen LogP contribution in [0.4, 0.5) is 18.9 Å². The predicted molar refractivity (Wildman–Crippen MR) is 61.4 cm³/mol. The van der Waals surface area contributed by atoms with Gasteiger partial charge in [0.1, 0.15) is 0 Å². The van der Waals surface area contributed by atoms with Gasteiger partial charge >= 0.3 is 6.18 Å². The second-order valence-corrected chi connectivity index (χ2v) is 3.94. The van der Waals surface area contributed by atoms with Crippen LogP contribution in [0.25, 0.3) is 0 Å². The molecule has 0 aromatic heterocycles. The Hall–Kier alpha value is -0.940. The van der Waals surface area contributed by atoms with E-state index < -0.39 is 11.7 Å². The molecule has 1 N–H and O–H groups in total. The molecular formula is C11H13ClF3NO. The van der Waals surface area contributed by atoms with Gasteiger partial charge in [0.25, 0.3) is 0 Å². The van der Waals surface area contributed by atoms with E-state index in [0.717, 1.165) is 12.1 Å². The van der Waals surface area contributed by atoms with Crippen LogP contribution in [-0.4, -0.2) is 20.3 Å². The minimum atomic E-state index is -4.38. The summed E-state index contributed by atoms with van der Waals surface area (Å²) in [6.45, 7) is 1.09. The first kappa shape index (κ1) is 14.1. The van der Waals surface area contributed by atoms with E-state index >= 15 is 0 Å². The van der Waals surface area contributed by atoms with E-state index in [-0.39, 0.29) is 5.02 Å². The number of hydrogen-bond acceptors (Lipinski definition) is 2. The summed E-state index contributed by atoms with van der Waals surface area (Å²) in [5, 5.41) is 2.93. The van der Waals surface area contributed by atoms with Gasteiger partial charge in [-0.3, -0.25) is 0 Å². The zero-order valence-electron chi connectivity index (χ0n) is 9.27. The maximum absolute atomic E-state index is 12.5. The maximum Gasteiger partial charge on any atom is 0.416 e. The van der Waals surface area contributed by atoms with Crippen molar-refractivity contribution in [2.75, 3.05) is 25.6 Å². The van der Waals surface area contributed by atoms with Crippen LogP contribution in [-0.2, 0) is 10.9 Å². The smallest absolute Gasteiger partial charge is 0.385 e. The Morgan fingerprint density at radius 3 is 2.59 bits per heavy atom. The molecule has 17 heavy (non-hydrogen) atoms. The summed E-state index contributed by atoms with van der Waals surface area (Å²) >= 11 is 5.63. The van der Waals surface area contributed by atoms with Crippen molar-refractivity contribution < 1.29 is 17.9 Å². The third-order valence-electron chi connectivity index (χ3n) is 2.08. The van der Waals surface area contributed by atoms with E-state index in [1.165, 1.54) is 6.07 Å². The molecule has 96 valence electrons. The van der Waals surface area contributed by atoms with Gasteiger partial charge in [0.05, 0.1) is 5.56 Å². The summed E-state index contributed by atoms with van der Waals surface area (Å²) in [4.78, 5) is 0. The van der Waals surface area contributed by atoms with Crippen LogP contribution >= 0.6 is 11.6 Å². The molecule has 0 saturated carbocycles. The Morgan fingerprint density at radius 1 is 1.29 bits per heavy atom. The lowest BCUT2D eigenvalue weighted by Crippen LogP contribution is -2.08. The third-order valence-corrected chi connectivity index (χ3v) is 2.30. The van der Waals surface area contributed by atoms with E-state index in [4.69, 9.17) is 16.3 Å². The van der Waals surface area contributed by atoms with Gasteiger partial charge in [0, 0.05) is 31.0 Å². The highest BCUT2D eigenvalue weighted by atomic mass is 35.5. The van der Waals surface area contributed by atoms with E-state index in [1.807, 2.05) is 0 Å². The number of alkyl halides is 3. The molecule has 1 aromatic rings. The monoisotopic (exact) mass is 267 g/mol. The number of rotatable bonds is 5. The quantitative estimate of drug-likeness (QED) is 0.819. The number of halogens is 4. The lowest BCUT2D eigenvalue weighted by Gasteiger charge is -2.11. The zero-order valence-corrected chi connectivity index (χ0v) is 10.0. The Morgan fingerprint density at radius 2 is 2.00 bits per heavy atom. The Labute approximate surface area is 103 Å². The van der Waals surface area contributed by atoms with Gasteiger partial charge in [-0.2, -0.15) is 13.2 Å². The van der Waals surface area contributed by atoms with Gasteiger partial charge in [-0.15, -0.1) is 0 Å². The van der Waals surface area contributed by atoms with Gasteiger partial charge in [0.15, 0.2) is 0 Å². The molecule has 1 rings (SSSR count). The molecule has 0 amide bonds. The number of nitrogens with one attached hydrogen (secondary N) is 1. The molecule has 0 saturated heterocycles. The molecule has 0 aliphatic carbocycles. The van der Waals surface area contributed by atoms with Crippen molar-refractivity contribution >= 4 is 17.3 Å². The first-order valence-corrected chi connectivity index (χ1v) is 5.42. The van der Waals surface area contributed by atoms with Crippen molar-refractivity contribution in [3.8, 4) is 0 Å². The lowest BCUT2D eigenvalue weighted by molar-refractivity contribution is -0.137. The fourth-order valence-electron chi connectivity index (χ4n) is 1.30. The Balaban J connectivity index is 2.69. The first-order valence-electron chi connectivity index (χ1n) is 5.04. The molecule has 6 heteroatoms. The van der Waals surface area contributed by atoms with Gasteiger partial charge in [-0.05, 0) is 24.6 Å². The Kier molecular flexibility index (Phi) is 5.08. The lowest BCUT2D eigenvalue weighted by atomic mass is 10.2. The standard InChI is InChI=1S/C11H13ClF3NO/c1-17-4-2-3-16-10-6-8(11(13,14)15)5-9(12)7-10/h5-7,16H,2-4H2,1H3. The van der Waals surface area contributed by atoms with Crippen LogP contribution in [0.15, 0.2) is 18.2 Å². The molecular weight excluding hydrogens is 255 g/mol. The van der Waals surface area contributed by atoms with Crippen LogP contribution < -0.4 is 5.32 Å². The highest BCUT2D eigenvalue weighted by molar-refractivity contribution is 6.30. The number of ether oxygens (including phenoxy) is 1. The van der Waals surface area contributed by atoms with Gasteiger partial charge in [0.2, 0.25) is 0 Å². The molecule has 0 aliphatic heterocycles. The molecule has 0 fully saturated rings. The molecule has 0 heterocycles. The fraction of sp³-hybridized carbons (Fsp3) is 0.455. The highest BCUT2D eigenvalue weighted by Gasteiger charge is 2.31. The summed E-state index contributed by atoms with van der Waals surface area (Å²) in [5.41, 5.74) is -0.389. The molecule has 0 aliphatic rings. The van der Waals surface area contributed by atoms with E-state index in [2.05, 4.69) is 5.32 Å². The van der Waals surface area contributed by atoms with Crippen LogP contribution in [0.5, 0.6) is 0 Å². The molecule has 0 radical (unpaired) electrons. The van der Waals surface area contributed by atoms with Crippen molar-refractivity contribution in [3.05, 3.63) is 28.8 Å². The molecule has 0 atom stereocenters. The van der Waals surface area contributed by atoms with Crippen LogP contribution in [0.2, 0.25) is 5.02 Å². The van der Waals surface area contributed by atoms with Gasteiger partial charge < -0.3 is 10.1 Å². The third kappa shape index (κ3) is 4.83. The minimum absolute atomic E-state index is 0.0640. The van der Waals surface area contributed by atoms with Crippen molar-refractivity contribution in [1.29, 1.82) is 0 Å². The van der Waals surface area contributed by atoms with Crippen LogP contribution in [0, 0.1) is 0 Å². The fourth-order valence-corrected chi connectivity index (χ4v) is 1.54. The minimum Gasteiger partial charge on any atom is -0.385 e. The number of anilines is 1. The number of methoxy groups -OCH3 is 1. The molecule has 1 aromatic carbocycles. The summed E-state index contributed by atoms with van der Waals surface area (Å²) in [6.07, 6.45) is -3.67. The maximum atomic E-state index is 12.5. The number of hydrogen-bond donors (Lipinski definition) is 1. The molecule has 2 nitrogen and oxygen atoms in total. The SMILES string of the molecule is COCCCNc1cc(Cl)cc(C(F)(F)F)c1. The van der Waals surface area contributed by atoms with Crippen molar-refractivity contribution in [2.45, 2.75) is 12.6 Å². The van der Waals surface area contributed by atoms with Crippen LogP contribution in [0.3, 0.4) is 0 Å². The average Bonchev–Trinajstić information content (AvgIpc) is 2.22. The normalized spacial score (nSPS) is 11.6. The second kappa shape index (κ2) is 6.12. The molecule has 0 unspecified atom stereocenters. The van der Waals surface area contributed by atoms with E-state index in [0.29, 0.717) is 25.3 Å². The summed E-state index contributed by atoms with van der Waals surface area (Å²) in [6, 6.07) is 3.41. The van der Waals surface area contributed by atoms with E-state index in [9.17, 15) is 13.2 Å². The second-order valence-electron chi connectivity index (χ2n) is 3.50. The zero-order chi connectivity index (χ0) is 12.9. The van der Waals surface area contributed by atoms with Crippen molar-refractivity contribution in [1.82, 2.24) is 0 Å². The molecule has 0 bridgehead atoms. The van der Waals surface area contributed by atoms with Crippen molar-refractivity contribution in [2.24, 2.45) is 0 Å². The topological polar surface area (TPSA) is 21.3 Å². The summed E-state index contributed by atoms with van der Waals surface area (Å²) < 4.78 is 42.3. The largest absolute Gasteiger partial charge is 0.416 e. The van der Waals surface area contributed by atoms with Crippen molar-refractivity contribution in [3.63, 3.8) is 0 Å². The first-order chi connectivity index (χ1) is 7.93. The summed E-state index contributed by atoms with van der Waals surface area (Å²) in [5.74, 6) is 0. The Bertz CT molecular complexity index is 368. The average molecular weight is 268 g/mol. The summed E-state index contributed by atoms with van der Waals surface area (Å²) in [7, 11) is 1.57. The highest BCUT2D eigenvalue weighted by Crippen LogP contribution is 2.33. The predicted octanol–water partition coefficient (Wildman–Crippen LogP) is 3.81. The van der Waals surface area contributed by atoms with E-state index in [1.54, 1.807) is 7.11 Å². The van der Waals surface area contributed by atoms with Gasteiger partial charge in [-0.1, -0.05) is 11.6 Å².